The fourth-order valence-corrected chi connectivity index (χ4v) is 5.33. The predicted octanol–water partition coefficient (Wildman–Crippen LogP) is 5.39. The van der Waals surface area contributed by atoms with Crippen LogP contribution in [0.15, 0.2) is 66.0 Å². The summed E-state index contributed by atoms with van der Waals surface area (Å²) in [6.45, 7) is 3.63. The van der Waals surface area contributed by atoms with Gasteiger partial charge >= 0.3 is 0 Å². The van der Waals surface area contributed by atoms with Gasteiger partial charge in [-0.05, 0) is 59.7 Å². The van der Waals surface area contributed by atoms with E-state index < -0.39 is 0 Å². The van der Waals surface area contributed by atoms with Crippen LogP contribution in [0.5, 0.6) is 5.75 Å². The number of hydrogen-bond acceptors (Lipinski definition) is 4. The van der Waals surface area contributed by atoms with Gasteiger partial charge in [-0.25, -0.2) is 0 Å². The van der Waals surface area contributed by atoms with E-state index >= 15 is 0 Å². The van der Waals surface area contributed by atoms with Crippen molar-refractivity contribution in [1.29, 1.82) is 0 Å². The van der Waals surface area contributed by atoms with Crippen molar-refractivity contribution in [2.45, 2.75) is 32.2 Å². The largest absolute Gasteiger partial charge is 0.491 e. The molecule has 7 heteroatoms. The quantitative estimate of drug-likeness (QED) is 0.399. The Morgan fingerprint density at radius 1 is 1.12 bits per heavy atom. The first-order chi connectivity index (χ1) is 16.5. The van der Waals surface area contributed by atoms with Crippen LogP contribution in [-0.2, 0) is 22.4 Å². The molecule has 34 heavy (non-hydrogen) atoms. The number of thiophene rings is 1. The van der Waals surface area contributed by atoms with E-state index in [2.05, 4.69) is 11.4 Å². The van der Waals surface area contributed by atoms with Crippen molar-refractivity contribution < 1.29 is 14.3 Å². The van der Waals surface area contributed by atoms with Crippen LogP contribution < -0.4 is 4.74 Å². The summed E-state index contributed by atoms with van der Waals surface area (Å²) in [5.74, 6) is 0.643. The summed E-state index contributed by atoms with van der Waals surface area (Å²) in [6.07, 6.45) is 1.92. The van der Waals surface area contributed by atoms with Crippen molar-refractivity contribution in [2.75, 3.05) is 26.2 Å². The van der Waals surface area contributed by atoms with Gasteiger partial charge < -0.3 is 14.5 Å². The Labute approximate surface area is 209 Å². The average Bonchev–Trinajstić information content (AvgIpc) is 3.33. The van der Waals surface area contributed by atoms with Crippen LogP contribution >= 0.6 is 22.9 Å². The van der Waals surface area contributed by atoms with Crippen LogP contribution in [-0.4, -0.2) is 47.9 Å². The molecule has 0 unspecified atom stereocenters. The Kier molecular flexibility index (Phi) is 8.25. The van der Waals surface area contributed by atoms with Crippen molar-refractivity contribution in [3.63, 3.8) is 0 Å². The Morgan fingerprint density at radius 3 is 2.62 bits per heavy atom. The molecule has 2 amide bonds. The van der Waals surface area contributed by atoms with E-state index in [1.54, 1.807) is 28.4 Å². The van der Waals surface area contributed by atoms with Gasteiger partial charge in [0.05, 0.1) is 19.0 Å². The molecule has 0 aliphatic carbocycles. The smallest absolute Gasteiger partial charge is 0.242 e. The van der Waals surface area contributed by atoms with Crippen LogP contribution in [0, 0.1) is 0 Å². The fraction of sp³-hybridized carbons (Fsp3) is 0.333. The van der Waals surface area contributed by atoms with Crippen molar-refractivity contribution in [2.24, 2.45) is 0 Å². The lowest BCUT2D eigenvalue weighted by Gasteiger charge is -2.37. The maximum absolute atomic E-state index is 13.5. The zero-order valence-electron chi connectivity index (χ0n) is 19.3. The van der Waals surface area contributed by atoms with E-state index in [-0.39, 0.29) is 24.4 Å². The van der Waals surface area contributed by atoms with Gasteiger partial charge in [0.1, 0.15) is 12.4 Å². The number of ether oxygens (including phenoxy) is 1. The molecule has 2 heterocycles. The number of fused-ring (bicyclic) bond motifs is 1. The summed E-state index contributed by atoms with van der Waals surface area (Å²) < 4.78 is 6.06. The number of nitrogens with zero attached hydrogens (tertiary/aromatic N) is 2. The first-order valence-electron chi connectivity index (χ1n) is 11.6. The van der Waals surface area contributed by atoms with E-state index in [1.165, 1.54) is 4.88 Å². The summed E-state index contributed by atoms with van der Waals surface area (Å²) >= 11 is 7.71. The molecule has 0 radical (unpaired) electrons. The summed E-state index contributed by atoms with van der Waals surface area (Å²) in [5, 5.41) is 2.72. The van der Waals surface area contributed by atoms with Crippen LogP contribution in [0.1, 0.15) is 35.4 Å². The first-order valence-corrected chi connectivity index (χ1v) is 12.9. The topological polar surface area (TPSA) is 49.9 Å². The van der Waals surface area contributed by atoms with Crippen molar-refractivity contribution in [1.82, 2.24) is 9.80 Å². The van der Waals surface area contributed by atoms with E-state index in [0.29, 0.717) is 36.9 Å². The van der Waals surface area contributed by atoms with Gasteiger partial charge in [-0.3, -0.25) is 9.59 Å². The molecule has 1 aliphatic heterocycles. The molecule has 0 spiro atoms. The summed E-state index contributed by atoms with van der Waals surface area (Å²) in [5.41, 5.74) is 2.09. The fourth-order valence-electron chi connectivity index (χ4n) is 4.28. The molecule has 0 saturated heterocycles. The molecule has 1 aliphatic rings. The zero-order chi connectivity index (χ0) is 23.9. The highest BCUT2D eigenvalue weighted by Crippen LogP contribution is 2.34. The van der Waals surface area contributed by atoms with Crippen LogP contribution in [0.4, 0.5) is 0 Å². The number of halogens is 1. The normalized spacial score (nSPS) is 15.0. The molecule has 1 aromatic heterocycles. The number of carbonyl (C=O) groups excluding carboxylic acids is 2. The average molecular weight is 497 g/mol. The van der Waals surface area contributed by atoms with Gasteiger partial charge in [0, 0.05) is 23.0 Å². The summed E-state index contributed by atoms with van der Waals surface area (Å²) in [7, 11) is 0. The monoisotopic (exact) mass is 496 g/mol. The number of amides is 2. The lowest BCUT2D eigenvalue weighted by molar-refractivity contribution is -0.142. The maximum atomic E-state index is 13.5. The lowest BCUT2D eigenvalue weighted by atomic mass is 10.0. The minimum Gasteiger partial charge on any atom is -0.491 e. The molecule has 5 nitrogen and oxygen atoms in total. The van der Waals surface area contributed by atoms with E-state index in [9.17, 15) is 9.59 Å². The number of rotatable bonds is 9. The molecule has 178 valence electrons. The highest BCUT2D eigenvalue weighted by Gasteiger charge is 2.33. The highest BCUT2D eigenvalue weighted by atomic mass is 35.5. The highest BCUT2D eigenvalue weighted by molar-refractivity contribution is 7.10. The number of hydrogen-bond donors (Lipinski definition) is 0. The summed E-state index contributed by atoms with van der Waals surface area (Å²) in [4.78, 5) is 31.4. The van der Waals surface area contributed by atoms with E-state index in [0.717, 1.165) is 24.0 Å². The van der Waals surface area contributed by atoms with Crippen LogP contribution in [0.3, 0.4) is 0 Å². The second kappa shape index (κ2) is 11.5. The van der Waals surface area contributed by atoms with Crippen molar-refractivity contribution in [3.05, 3.63) is 87.1 Å². The molecule has 2 aromatic carbocycles. The molecule has 3 aromatic rings. The second-order valence-electron chi connectivity index (χ2n) is 8.39. The van der Waals surface area contributed by atoms with Gasteiger partial charge in [-0.15, -0.1) is 11.3 Å². The molecular formula is C27H29ClN2O3S. The molecular weight excluding hydrogens is 468 g/mol. The third-order valence-corrected chi connectivity index (χ3v) is 7.26. The second-order valence-corrected chi connectivity index (χ2v) is 9.83. The third kappa shape index (κ3) is 5.99. The zero-order valence-corrected chi connectivity index (χ0v) is 20.9. The van der Waals surface area contributed by atoms with Crippen molar-refractivity contribution >= 4 is 34.8 Å². The number of carbonyl (C=O) groups is 2. The minimum absolute atomic E-state index is 0.0244. The standard InChI is InChI=1S/C27H29ClN2O3S/c1-2-14-29(26(31)17-20-6-4-3-5-7-20)18-27(32)30-15-12-25-23(13-16-34-25)24(30)19-33-22-10-8-21(28)9-11-22/h3-11,13,16,24H,2,12,14-15,17-19H2,1H3/t24-/m1/s1. The lowest BCUT2D eigenvalue weighted by Crippen LogP contribution is -2.48. The Morgan fingerprint density at radius 2 is 1.88 bits per heavy atom. The first kappa shape index (κ1) is 24.3. The molecule has 1 atom stereocenters. The Balaban J connectivity index is 1.47. The SMILES string of the molecule is CCCN(CC(=O)N1CCc2sccc2[C@H]1COc1ccc(Cl)cc1)C(=O)Cc1ccccc1. The van der Waals surface area contributed by atoms with Gasteiger partial charge in [-0.1, -0.05) is 48.9 Å². The van der Waals surface area contributed by atoms with Crippen LogP contribution in [0.2, 0.25) is 5.02 Å². The van der Waals surface area contributed by atoms with Crippen LogP contribution in [0.25, 0.3) is 0 Å². The van der Waals surface area contributed by atoms with Crippen molar-refractivity contribution in [3.8, 4) is 5.75 Å². The third-order valence-electron chi connectivity index (χ3n) is 6.01. The maximum Gasteiger partial charge on any atom is 0.242 e. The Hall–Kier alpha value is -2.83. The molecule has 4 rings (SSSR count). The Bertz CT molecular complexity index is 1100. The molecule has 0 saturated carbocycles. The van der Waals surface area contributed by atoms with Gasteiger partial charge in [0.25, 0.3) is 0 Å². The predicted molar refractivity (Wildman–Crippen MR) is 136 cm³/mol. The van der Waals surface area contributed by atoms with Gasteiger partial charge in [0.2, 0.25) is 11.8 Å². The van der Waals surface area contributed by atoms with E-state index in [1.807, 2.05) is 54.3 Å². The molecule has 0 fully saturated rings. The van der Waals surface area contributed by atoms with Gasteiger partial charge in [-0.2, -0.15) is 0 Å². The molecule has 0 N–H and O–H groups in total. The summed E-state index contributed by atoms with van der Waals surface area (Å²) in [6, 6.07) is 18.8. The van der Waals surface area contributed by atoms with E-state index in [4.69, 9.17) is 16.3 Å². The minimum atomic E-state index is -0.189. The van der Waals surface area contributed by atoms with Gasteiger partial charge in [0.15, 0.2) is 0 Å². The molecule has 0 bridgehead atoms. The number of benzene rings is 2.